The molecule has 2 atom stereocenters. The zero-order chi connectivity index (χ0) is 13.3. The van der Waals surface area contributed by atoms with E-state index in [-0.39, 0.29) is 18.1 Å². The molecule has 2 N–H and O–H groups in total. The van der Waals surface area contributed by atoms with Gasteiger partial charge in [-0.15, -0.1) is 0 Å². The lowest BCUT2D eigenvalue weighted by Gasteiger charge is -2.31. The number of carbonyl (C=O) groups excluding carboxylic acids is 1. The van der Waals surface area contributed by atoms with Gasteiger partial charge in [0.05, 0.1) is 0 Å². The Hall–Kier alpha value is -1.91. The van der Waals surface area contributed by atoms with Gasteiger partial charge in [-0.05, 0) is 24.1 Å². The molecule has 1 aromatic carbocycles. The number of carboxylic acids is 1. The van der Waals surface area contributed by atoms with E-state index in [1.165, 1.54) is 12.1 Å². The molecule has 1 aliphatic rings. The molecule has 1 aliphatic heterocycles. The van der Waals surface area contributed by atoms with Crippen LogP contribution in [0.3, 0.4) is 0 Å². The Bertz CT molecular complexity index is 486. The number of nitrogens with one attached hydrogen (secondary N) is 1. The third kappa shape index (κ3) is 1.85. The second-order valence-electron chi connectivity index (χ2n) is 4.53. The molecule has 0 aliphatic carbocycles. The molecule has 18 heavy (non-hydrogen) atoms. The summed E-state index contributed by atoms with van der Waals surface area (Å²) in [6, 6.07) is 4.72. The number of hydrogen-bond donors (Lipinski definition) is 2. The van der Waals surface area contributed by atoms with Crippen molar-refractivity contribution >= 4 is 11.9 Å². The average Bonchev–Trinajstić information content (AvgIpc) is 2.68. The Morgan fingerprint density at radius 2 is 2.11 bits per heavy atom. The van der Waals surface area contributed by atoms with Crippen molar-refractivity contribution in [1.29, 1.82) is 0 Å². The van der Waals surface area contributed by atoms with Crippen molar-refractivity contribution in [2.75, 3.05) is 0 Å². The van der Waals surface area contributed by atoms with Crippen LogP contribution in [0.2, 0.25) is 0 Å². The summed E-state index contributed by atoms with van der Waals surface area (Å²) >= 11 is 0. The smallest absolute Gasteiger partial charge is 0.327 e. The molecule has 1 fully saturated rings. The lowest BCUT2D eigenvalue weighted by atomic mass is 9.72. The molecule has 0 bridgehead atoms. The Morgan fingerprint density at radius 3 is 2.61 bits per heavy atom. The first-order chi connectivity index (χ1) is 8.49. The van der Waals surface area contributed by atoms with Crippen molar-refractivity contribution in [3.63, 3.8) is 0 Å². The van der Waals surface area contributed by atoms with Crippen molar-refractivity contribution in [3.05, 3.63) is 35.6 Å². The largest absolute Gasteiger partial charge is 0.480 e. The van der Waals surface area contributed by atoms with Gasteiger partial charge in [0.15, 0.2) is 0 Å². The molecule has 0 radical (unpaired) electrons. The SMILES string of the molecule is CCC1(c2ccc(F)cc2)CC(=O)NC1C(=O)O. The number of benzene rings is 1. The summed E-state index contributed by atoms with van der Waals surface area (Å²) in [6.07, 6.45) is 0.612. The van der Waals surface area contributed by atoms with Gasteiger partial charge in [-0.25, -0.2) is 9.18 Å². The molecule has 0 spiro atoms. The van der Waals surface area contributed by atoms with Gasteiger partial charge in [0.1, 0.15) is 11.9 Å². The molecule has 0 saturated carbocycles. The van der Waals surface area contributed by atoms with Gasteiger partial charge in [-0.3, -0.25) is 4.79 Å². The Morgan fingerprint density at radius 1 is 1.50 bits per heavy atom. The maximum absolute atomic E-state index is 12.9. The summed E-state index contributed by atoms with van der Waals surface area (Å²) in [5, 5.41) is 11.7. The van der Waals surface area contributed by atoms with E-state index in [4.69, 9.17) is 0 Å². The first-order valence-electron chi connectivity index (χ1n) is 5.78. The van der Waals surface area contributed by atoms with Gasteiger partial charge < -0.3 is 10.4 Å². The fourth-order valence-corrected chi connectivity index (χ4v) is 2.62. The summed E-state index contributed by atoms with van der Waals surface area (Å²) in [5.41, 5.74) is -0.117. The zero-order valence-electron chi connectivity index (χ0n) is 9.94. The highest BCUT2D eigenvalue weighted by atomic mass is 19.1. The quantitative estimate of drug-likeness (QED) is 0.854. The van der Waals surface area contributed by atoms with Gasteiger partial charge in [0.2, 0.25) is 5.91 Å². The van der Waals surface area contributed by atoms with E-state index in [1.807, 2.05) is 6.92 Å². The number of aliphatic carboxylic acids is 1. The van der Waals surface area contributed by atoms with Crippen LogP contribution in [0.15, 0.2) is 24.3 Å². The molecular weight excluding hydrogens is 237 g/mol. The number of carboxylic acid groups (broad SMARTS) is 1. The molecule has 1 heterocycles. The molecular formula is C13H14FNO3. The van der Waals surface area contributed by atoms with E-state index in [1.54, 1.807) is 12.1 Å². The van der Waals surface area contributed by atoms with E-state index in [0.29, 0.717) is 12.0 Å². The molecule has 2 unspecified atom stereocenters. The summed E-state index contributed by atoms with van der Waals surface area (Å²) in [4.78, 5) is 22.8. The third-order valence-electron chi connectivity index (χ3n) is 3.63. The number of hydrogen-bond acceptors (Lipinski definition) is 2. The summed E-state index contributed by atoms with van der Waals surface area (Å²) in [7, 11) is 0. The minimum Gasteiger partial charge on any atom is -0.480 e. The van der Waals surface area contributed by atoms with Crippen LogP contribution in [0.25, 0.3) is 0 Å². The molecule has 0 aromatic heterocycles. The second-order valence-corrected chi connectivity index (χ2v) is 4.53. The highest BCUT2D eigenvalue weighted by molar-refractivity contribution is 5.91. The van der Waals surface area contributed by atoms with Crippen LogP contribution in [0.5, 0.6) is 0 Å². The van der Waals surface area contributed by atoms with Crippen molar-refractivity contribution in [3.8, 4) is 0 Å². The lowest BCUT2D eigenvalue weighted by Crippen LogP contribution is -2.46. The van der Waals surface area contributed by atoms with E-state index in [2.05, 4.69) is 5.32 Å². The van der Waals surface area contributed by atoms with E-state index in [0.717, 1.165) is 0 Å². The standard InChI is InChI=1S/C13H14FNO3/c1-2-13(8-3-5-9(14)6-4-8)7-10(16)15-11(13)12(17)18/h3-6,11H,2,7H2,1H3,(H,15,16)(H,17,18). The lowest BCUT2D eigenvalue weighted by molar-refractivity contribution is -0.141. The van der Waals surface area contributed by atoms with Crippen LogP contribution in [0, 0.1) is 5.82 Å². The topological polar surface area (TPSA) is 66.4 Å². The van der Waals surface area contributed by atoms with E-state index >= 15 is 0 Å². The molecule has 1 amide bonds. The Labute approximate surface area is 104 Å². The highest BCUT2D eigenvalue weighted by Gasteiger charge is 2.50. The highest BCUT2D eigenvalue weighted by Crippen LogP contribution is 2.39. The van der Waals surface area contributed by atoms with Crippen LogP contribution in [0.4, 0.5) is 4.39 Å². The molecule has 2 rings (SSSR count). The van der Waals surface area contributed by atoms with Gasteiger partial charge in [0.25, 0.3) is 0 Å². The van der Waals surface area contributed by atoms with Crippen LogP contribution >= 0.6 is 0 Å². The van der Waals surface area contributed by atoms with Gasteiger partial charge >= 0.3 is 5.97 Å². The third-order valence-corrected chi connectivity index (χ3v) is 3.63. The van der Waals surface area contributed by atoms with Gasteiger partial charge in [-0.1, -0.05) is 19.1 Å². The Kier molecular flexibility index (Phi) is 3.07. The monoisotopic (exact) mass is 251 g/mol. The molecule has 1 saturated heterocycles. The fraction of sp³-hybridized carbons (Fsp3) is 0.385. The first-order valence-corrected chi connectivity index (χ1v) is 5.78. The van der Waals surface area contributed by atoms with Crippen molar-refractivity contribution in [2.24, 2.45) is 0 Å². The van der Waals surface area contributed by atoms with Crippen LogP contribution in [0.1, 0.15) is 25.3 Å². The van der Waals surface area contributed by atoms with Gasteiger partial charge in [-0.2, -0.15) is 0 Å². The maximum atomic E-state index is 12.9. The van der Waals surface area contributed by atoms with Crippen LogP contribution in [-0.2, 0) is 15.0 Å². The summed E-state index contributed by atoms with van der Waals surface area (Å²) in [6.45, 7) is 1.83. The predicted molar refractivity (Wildman–Crippen MR) is 62.6 cm³/mol. The molecule has 5 heteroatoms. The number of halogens is 1. The number of rotatable bonds is 3. The number of carbonyl (C=O) groups is 2. The fourth-order valence-electron chi connectivity index (χ4n) is 2.62. The predicted octanol–water partition coefficient (Wildman–Crippen LogP) is 1.45. The molecule has 4 nitrogen and oxygen atoms in total. The number of amides is 1. The molecule has 1 aromatic rings. The van der Waals surface area contributed by atoms with Crippen molar-refractivity contribution in [1.82, 2.24) is 5.32 Å². The average molecular weight is 251 g/mol. The van der Waals surface area contributed by atoms with Crippen LogP contribution in [-0.4, -0.2) is 23.0 Å². The molecule has 96 valence electrons. The first kappa shape index (κ1) is 12.5. The summed E-state index contributed by atoms with van der Waals surface area (Å²) in [5.74, 6) is -1.73. The summed E-state index contributed by atoms with van der Waals surface area (Å²) < 4.78 is 12.9. The van der Waals surface area contributed by atoms with Crippen molar-refractivity contribution in [2.45, 2.75) is 31.2 Å². The van der Waals surface area contributed by atoms with Crippen molar-refractivity contribution < 1.29 is 19.1 Å². The van der Waals surface area contributed by atoms with E-state index < -0.39 is 17.4 Å². The zero-order valence-corrected chi connectivity index (χ0v) is 9.94. The minimum absolute atomic E-state index is 0.117. The Balaban J connectivity index is 2.49. The maximum Gasteiger partial charge on any atom is 0.327 e. The van der Waals surface area contributed by atoms with Gasteiger partial charge in [0, 0.05) is 11.8 Å². The van der Waals surface area contributed by atoms with E-state index in [9.17, 15) is 19.1 Å². The normalized spacial score (nSPS) is 27.0. The minimum atomic E-state index is -1.06. The second kappa shape index (κ2) is 4.40. The van der Waals surface area contributed by atoms with Crippen LogP contribution < -0.4 is 5.32 Å².